The second-order valence-electron chi connectivity index (χ2n) is 2.63. The summed E-state index contributed by atoms with van der Waals surface area (Å²) >= 11 is 9.29. The number of halogens is 2. The van der Waals surface area contributed by atoms with Crippen LogP contribution in [0, 0.1) is 0 Å². The number of aliphatic hydroxyl groups is 1. The molecule has 2 nitrogen and oxygen atoms in total. The molecule has 72 valence electrons. The summed E-state index contributed by atoms with van der Waals surface area (Å²) < 4.78 is 0.989. The first kappa shape index (κ1) is 10.8. The van der Waals surface area contributed by atoms with E-state index in [1.165, 1.54) is 0 Å². The predicted molar refractivity (Wildman–Crippen MR) is 59.3 cm³/mol. The Balaban J connectivity index is 2.59. The van der Waals surface area contributed by atoms with Gasteiger partial charge in [-0.3, -0.25) is 0 Å². The van der Waals surface area contributed by atoms with Gasteiger partial charge in [0.15, 0.2) is 0 Å². The molecule has 0 radical (unpaired) electrons. The standard InChI is InChI=1S/C9H11BrClNO/c10-7-2-3-8(11)9(6-7)12-4-1-5-13/h2-3,6,12-13H,1,4-5H2. The maximum atomic E-state index is 8.59. The molecule has 2 N–H and O–H groups in total. The number of anilines is 1. The van der Waals surface area contributed by atoms with Crippen molar-refractivity contribution in [2.75, 3.05) is 18.5 Å². The third-order valence-corrected chi connectivity index (χ3v) is 2.40. The SMILES string of the molecule is OCCCNc1cc(Br)ccc1Cl. The number of benzene rings is 1. The Labute approximate surface area is 91.0 Å². The molecule has 1 rings (SSSR count). The molecule has 0 fully saturated rings. The second-order valence-corrected chi connectivity index (χ2v) is 3.95. The highest BCUT2D eigenvalue weighted by Crippen LogP contribution is 2.25. The Morgan fingerprint density at radius 1 is 1.46 bits per heavy atom. The van der Waals surface area contributed by atoms with Crippen molar-refractivity contribution >= 4 is 33.2 Å². The van der Waals surface area contributed by atoms with E-state index < -0.39 is 0 Å². The van der Waals surface area contributed by atoms with Gasteiger partial charge in [0, 0.05) is 17.6 Å². The van der Waals surface area contributed by atoms with Crippen LogP contribution in [0.5, 0.6) is 0 Å². The van der Waals surface area contributed by atoms with E-state index in [9.17, 15) is 0 Å². The number of hydrogen-bond acceptors (Lipinski definition) is 2. The predicted octanol–water partition coefficient (Wildman–Crippen LogP) is 2.90. The summed E-state index contributed by atoms with van der Waals surface area (Å²) in [5.41, 5.74) is 0.893. The average Bonchev–Trinajstić information content (AvgIpc) is 2.11. The molecule has 4 heteroatoms. The van der Waals surface area contributed by atoms with Crippen LogP contribution in [0.15, 0.2) is 22.7 Å². The zero-order valence-corrected chi connectivity index (χ0v) is 9.40. The summed E-state index contributed by atoms with van der Waals surface area (Å²) in [6, 6.07) is 5.63. The molecule has 0 aliphatic carbocycles. The molecule has 0 heterocycles. The molecule has 13 heavy (non-hydrogen) atoms. The summed E-state index contributed by atoms with van der Waals surface area (Å²) in [5, 5.41) is 12.4. The second kappa shape index (κ2) is 5.47. The summed E-state index contributed by atoms with van der Waals surface area (Å²) in [4.78, 5) is 0. The maximum absolute atomic E-state index is 8.59. The van der Waals surface area contributed by atoms with Crippen molar-refractivity contribution in [3.05, 3.63) is 27.7 Å². The molecular formula is C9H11BrClNO. The zero-order chi connectivity index (χ0) is 9.68. The summed E-state index contributed by atoms with van der Waals surface area (Å²) in [7, 11) is 0. The van der Waals surface area contributed by atoms with Crippen LogP contribution in [0.25, 0.3) is 0 Å². The van der Waals surface area contributed by atoms with Gasteiger partial charge < -0.3 is 10.4 Å². The van der Waals surface area contributed by atoms with E-state index >= 15 is 0 Å². The van der Waals surface area contributed by atoms with Crippen LogP contribution in [0.1, 0.15) is 6.42 Å². The van der Waals surface area contributed by atoms with Gasteiger partial charge in [0.05, 0.1) is 10.7 Å². The van der Waals surface area contributed by atoms with Crippen LogP contribution in [-0.2, 0) is 0 Å². The van der Waals surface area contributed by atoms with Gasteiger partial charge in [0.25, 0.3) is 0 Å². The number of hydrogen-bond donors (Lipinski definition) is 2. The molecule has 0 saturated heterocycles. The molecule has 0 aliphatic rings. The summed E-state index contributed by atoms with van der Waals surface area (Å²) in [6.07, 6.45) is 0.725. The Morgan fingerprint density at radius 3 is 2.92 bits per heavy atom. The van der Waals surface area contributed by atoms with E-state index in [0.717, 1.165) is 23.1 Å². The largest absolute Gasteiger partial charge is 0.396 e. The van der Waals surface area contributed by atoms with Gasteiger partial charge in [-0.2, -0.15) is 0 Å². The highest BCUT2D eigenvalue weighted by atomic mass is 79.9. The highest BCUT2D eigenvalue weighted by Gasteiger charge is 1.99. The smallest absolute Gasteiger partial charge is 0.0638 e. The normalized spacial score (nSPS) is 10.1. The van der Waals surface area contributed by atoms with E-state index in [1.54, 1.807) is 0 Å². The molecule has 0 amide bonds. The van der Waals surface area contributed by atoms with Gasteiger partial charge in [-0.1, -0.05) is 27.5 Å². The van der Waals surface area contributed by atoms with Crippen LogP contribution in [0.2, 0.25) is 5.02 Å². The van der Waals surface area contributed by atoms with Crippen molar-refractivity contribution < 1.29 is 5.11 Å². The monoisotopic (exact) mass is 263 g/mol. The minimum Gasteiger partial charge on any atom is -0.396 e. The van der Waals surface area contributed by atoms with Crippen molar-refractivity contribution in [3.63, 3.8) is 0 Å². The molecule has 1 aromatic rings. The van der Waals surface area contributed by atoms with Gasteiger partial charge in [-0.25, -0.2) is 0 Å². The van der Waals surface area contributed by atoms with Gasteiger partial charge in [0.2, 0.25) is 0 Å². The number of aliphatic hydroxyl groups excluding tert-OH is 1. The van der Waals surface area contributed by atoms with Crippen molar-refractivity contribution in [1.29, 1.82) is 0 Å². The highest BCUT2D eigenvalue weighted by molar-refractivity contribution is 9.10. The lowest BCUT2D eigenvalue weighted by Crippen LogP contribution is -2.03. The summed E-state index contributed by atoms with van der Waals surface area (Å²) in [6.45, 7) is 0.922. The first-order chi connectivity index (χ1) is 6.24. The van der Waals surface area contributed by atoms with Crippen molar-refractivity contribution in [2.24, 2.45) is 0 Å². The van der Waals surface area contributed by atoms with E-state index in [2.05, 4.69) is 21.2 Å². The maximum Gasteiger partial charge on any atom is 0.0638 e. The molecular weight excluding hydrogens is 253 g/mol. The fourth-order valence-electron chi connectivity index (χ4n) is 0.935. The average molecular weight is 265 g/mol. The van der Waals surface area contributed by atoms with E-state index in [1.807, 2.05) is 18.2 Å². The minimum absolute atomic E-state index is 0.193. The van der Waals surface area contributed by atoms with Crippen molar-refractivity contribution in [3.8, 4) is 0 Å². The van der Waals surface area contributed by atoms with Gasteiger partial charge >= 0.3 is 0 Å². The lowest BCUT2D eigenvalue weighted by Gasteiger charge is -2.07. The van der Waals surface area contributed by atoms with Crippen LogP contribution >= 0.6 is 27.5 Å². The Hall–Kier alpha value is -0.250. The molecule has 0 aliphatic heterocycles. The topological polar surface area (TPSA) is 32.3 Å². The van der Waals surface area contributed by atoms with Crippen LogP contribution < -0.4 is 5.32 Å². The third-order valence-electron chi connectivity index (χ3n) is 1.58. The fraction of sp³-hybridized carbons (Fsp3) is 0.333. The van der Waals surface area contributed by atoms with Gasteiger partial charge in [-0.05, 0) is 24.6 Å². The Morgan fingerprint density at radius 2 is 2.23 bits per heavy atom. The Bertz CT molecular complexity index is 280. The molecule has 0 atom stereocenters. The van der Waals surface area contributed by atoms with Crippen LogP contribution in [-0.4, -0.2) is 18.3 Å². The van der Waals surface area contributed by atoms with E-state index in [0.29, 0.717) is 5.02 Å². The van der Waals surface area contributed by atoms with Gasteiger partial charge in [0.1, 0.15) is 0 Å². The molecule has 0 spiro atoms. The zero-order valence-electron chi connectivity index (χ0n) is 7.06. The first-order valence-corrected chi connectivity index (χ1v) is 5.21. The molecule has 0 unspecified atom stereocenters. The third kappa shape index (κ3) is 3.55. The fourth-order valence-corrected chi connectivity index (χ4v) is 1.48. The number of nitrogens with one attached hydrogen (secondary N) is 1. The van der Waals surface area contributed by atoms with Crippen molar-refractivity contribution in [1.82, 2.24) is 0 Å². The van der Waals surface area contributed by atoms with Crippen LogP contribution in [0.3, 0.4) is 0 Å². The first-order valence-electron chi connectivity index (χ1n) is 4.04. The lowest BCUT2D eigenvalue weighted by atomic mass is 10.3. The van der Waals surface area contributed by atoms with E-state index in [4.69, 9.17) is 16.7 Å². The quantitative estimate of drug-likeness (QED) is 0.820. The number of rotatable bonds is 4. The molecule has 0 bridgehead atoms. The van der Waals surface area contributed by atoms with E-state index in [-0.39, 0.29) is 6.61 Å². The summed E-state index contributed by atoms with van der Waals surface area (Å²) in [5.74, 6) is 0. The van der Waals surface area contributed by atoms with Gasteiger partial charge in [-0.15, -0.1) is 0 Å². The lowest BCUT2D eigenvalue weighted by molar-refractivity contribution is 0.292. The molecule has 0 aromatic heterocycles. The van der Waals surface area contributed by atoms with Crippen molar-refractivity contribution in [2.45, 2.75) is 6.42 Å². The Kier molecular flexibility index (Phi) is 4.56. The van der Waals surface area contributed by atoms with Crippen LogP contribution in [0.4, 0.5) is 5.69 Å². The molecule has 1 aromatic carbocycles. The molecule has 0 saturated carbocycles. The minimum atomic E-state index is 0.193.